The van der Waals surface area contributed by atoms with Gasteiger partial charge < -0.3 is 10.6 Å². The Morgan fingerprint density at radius 2 is 1.91 bits per heavy atom. The van der Waals surface area contributed by atoms with Crippen LogP contribution in [0.5, 0.6) is 0 Å². The molecule has 0 fully saturated rings. The molecule has 0 aliphatic rings. The maximum atomic E-state index is 13.2. The third-order valence-corrected chi connectivity index (χ3v) is 3.58. The standard InChI is InChI=1S/C16H13ClFN5/c1-10-13(17)6-3-7-14(10)21-15-9-19-23-16(22-15)20-12-5-2-4-11(18)8-12/h2-9H,1H3,(H2,20,21,22,23). The predicted molar refractivity (Wildman–Crippen MR) is 89.0 cm³/mol. The summed E-state index contributed by atoms with van der Waals surface area (Å²) in [4.78, 5) is 4.30. The van der Waals surface area contributed by atoms with E-state index in [9.17, 15) is 4.39 Å². The zero-order chi connectivity index (χ0) is 16.2. The van der Waals surface area contributed by atoms with Gasteiger partial charge in [0.2, 0.25) is 5.95 Å². The van der Waals surface area contributed by atoms with Gasteiger partial charge in [0.05, 0.1) is 6.20 Å². The second kappa shape index (κ2) is 6.58. The molecule has 2 N–H and O–H groups in total. The fraction of sp³-hybridized carbons (Fsp3) is 0.0625. The van der Waals surface area contributed by atoms with Gasteiger partial charge >= 0.3 is 0 Å². The summed E-state index contributed by atoms with van der Waals surface area (Å²) in [6.07, 6.45) is 1.50. The number of benzene rings is 2. The zero-order valence-corrected chi connectivity index (χ0v) is 13.0. The Kier molecular flexibility index (Phi) is 4.34. The Bertz CT molecular complexity index is 840. The maximum Gasteiger partial charge on any atom is 0.249 e. The number of hydrogen-bond donors (Lipinski definition) is 2. The van der Waals surface area contributed by atoms with Crippen LogP contribution in [0.4, 0.5) is 27.5 Å². The molecular weight excluding hydrogens is 317 g/mol. The summed E-state index contributed by atoms with van der Waals surface area (Å²) >= 11 is 6.10. The van der Waals surface area contributed by atoms with Crippen LogP contribution in [0, 0.1) is 12.7 Å². The first-order chi connectivity index (χ1) is 11.1. The van der Waals surface area contributed by atoms with Crippen molar-refractivity contribution in [1.29, 1.82) is 0 Å². The molecule has 0 saturated heterocycles. The largest absolute Gasteiger partial charge is 0.339 e. The van der Waals surface area contributed by atoms with Crippen LogP contribution in [0.2, 0.25) is 5.02 Å². The van der Waals surface area contributed by atoms with Crippen molar-refractivity contribution in [2.24, 2.45) is 0 Å². The molecule has 3 aromatic rings. The van der Waals surface area contributed by atoms with Gasteiger partial charge in [-0.25, -0.2) is 4.39 Å². The SMILES string of the molecule is Cc1c(Cl)cccc1Nc1cnnc(Nc2cccc(F)c2)n1. The van der Waals surface area contributed by atoms with E-state index in [1.807, 2.05) is 25.1 Å². The number of nitrogens with zero attached hydrogens (tertiary/aromatic N) is 3. The van der Waals surface area contributed by atoms with E-state index in [4.69, 9.17) is 11.6 Å². The van der Waals surface area contributed by atoms with Gasteiger partial charge in [-0.3, -0.25) is 0 Å². The second-order valence-electron chi connectivity index (χ2n) is 4.84. The van der Waals surface area contributed by atoms with E-state index in [1.54, 1.807) is 12.1 Å². The van der Waals surface area contributed by atoms with Crippen LogP contribution < -0.4 is 10.6 Å². The molecule has 0 spiro atoms. The normalized spacial score (nSPS) is 10.4. The Morgan fingerprint density at radius 1 is 1.09 bits per heavy atom. The summed E-state index contributed by atoms with van der Waals surface area (Å²) < 4.78 is 13.2. The summed E-state index contributed by atoms with van der Waals surface area (Å²) in [5, 5.41) is 14.5. The van der Waals surface area contributed by atoms with Gasteiger partial charge in [0.1, 0.15) is 5.82 Å². The molecule has 0 unspecified atom stereocenters. The van der Waals surface area contributed by atoms with Crippen molar-refractivity contribution in [2.45, 2.75) is 6.92 Å². The average molecular weight is 330 g/mol. The lowest BCUT2D eigenvalue weighted by Crippen LogP contribution is -2.03. The molecule has 5 nitrogen and oxygen atoms in total. The van der Waals surface area contributed by atoms with Gasteiger partial charge in [-0.15, -0.1) is 5.10 Å². The summed E-state index contributed by atoms with van der Waals surface area (Å²) in [5.41, 5.74) is 2.28. The molecule has 7 heteroatoms. The van der Waals surface area contributed by atoms with Crippen molar-refractivity contribution in [3.63, 3.8) is 0 Å². The second-order valence-corrected chi connectivity index (χ2v) is 5.25. The fourth-order valence-electron chi connectivity index (χ4n) is 1.99. The summed E-state index contributed by atoms with van der Waals surface area (Å²) in [5.74, 6) is 0.427. The minimum absolute atomic E-state index is 0.264. The van der Waals surface area contributed by atoms with Crippen LogP contribution in [-0.4, -0.2) is 15.2 Å². The van der Waals surface area contributed by atoms with E-state index < -0.39 is 0 Å². The molecule has 0 bridgehead atoms. The first-order valence-electron chi connectivity index (χ1n) is 6.86. The van der Waals surface area contributed by atoms with Crippen LogP contribution in [0.3, 0.4) is 0 Å². The van der Waals surface area contributed by atoms with Gasteiger partial charge in [0.15, 0.2) is 5.82 Å². The van der Waals surface area contributed by atoms with Gasteiger partial charge in [0, 0.05) is 16.4 Å². The number of hydrogen-bond acceptors (Lipinski definition) is 5. The maximum absolute atomic E-state index is 13.2. The lowest BCUT2D eigenvalue weighted by atomic mass is 10.2. The lowest BCUT2D eigenvalue weighted by Gasteiger charge is -2.10. The molecule has 3 rings (SSSR count). The number of halogens is 2. The van der Waals surface area contributed by atoms with E-state index in [2.05, 4.69) is 25.8 Å². The first kappa shape index (κ1) is 15.2. The molecule has 23 heavy (non-hydrogen) atoms. The highest BCUT2D eigenvalue weighted by Crippen LogP contribution is 2.25. The van der Waals surface area contributed by atoms with Crippen LogP contribution in [0.15, 0.2) is 48.7 Å². The smallest absolute Gasteiger partial charge is 0.249 e. The van der Waals surface area contributed by atoms with E-state index in [-0.39, 0.29) is 11.8 Å². The van der Waals surface area contributed by atoms with Crippen LogP contribution in [0.1, 0.15) is 5.56 Å². The molecule has 0 radical (unpaired) electrons. The average Bonchev–Trinajstić information content (AvgIpc) is 2.52. The molecule has 0 amide bonds. The van der Waals surface area contributed by atoms with E-state index >= 15 is 0 Å². The van der Waals surface area contributed by atoms with Crippen molar-refractivity contribution in [1.82, 2.24) is 15.2 Å². The molecule has 0 atom stereocenters. The van der Waals surface area contributed by atoms with Crippen LogP contribution in [0.25, 0.3) is 0 Å². The van der Waals surface area contributed by atoms with Crippen molar-refractivity contribution < 1.29 is 4.39 Å². The van der Waals surface area contributed by atoms with Gasteiger partial charge in [0.25, 0.3) is 0 Å². The lowest BCUT2D eigenvalue weighted by molar-refractivity contribution is 0.628. The Balaban J connectivity index is 1.81. The molecule has 0 aliphatic carbocycles. The van der Waals surface area contributed by atoms with E-state index in [0.717, 1.165) is 11.3 Å². The minimum atomic E-state index is -0.341. The third kappa shape index (κ3) is 3.73. The topological polar surface area (TPSA) is 62.7 Å². The van der Waals surface area contributed by atoms with Crippen molar-refractivity contribution >= 4 is 34.7 Å². The van der Waals surface area contributed by atoms with Gasteiger partial charge in [-0.2, -0.15) is 10.1 Å². The summed E-state index contributed by atoms with van der Waals surface area (Å²) in [7, 11) is 0. The third-order valence-electron chi connectivity index (χ3n) is 3.17. The molecular formula is C16H13ClFN5. The Labute approximate surface area is 137 Å². The van der Waals surface area contributed by atoms with Crippen LogP contribution in [-0.2, 0) is 0 Å². The molecule has 1 aromatic heterocycles. The van der Waals surface area contributed by atoms with E-state index in [1.165, 1.54) is 18.3 Å². The predicted octanol–water partition coefficient (Wildman–Crippen LogP) is 4.46. The quantitative estimate of drug-likeness (QED) is 0.740. The highest BCUT2D eigenvalue weighted by Gasteiger charge is 2.06. The Morgan fingerprint density at radius 3 is 2.74 bits per heavy atom. The Hall–Kier alpha value is -2.73. The van der Waals surface area contributed by atoms with Crippen LogP contribution >= 0.6 is 11.6 Å². The molecule has 116 valence electrons. The molecule has 2 aromatic carbocycles. The molecule has 0 saturated carbocycles. The first-order valence-corrected chi connectivity index (χ1v) is 7.24. The van der Waals surface area contributed by atoms with Crippen molar-refractivity contribution in [3.8, 4) is 0 Å². The summed E-state index contributed by atoms with van der Waals surface area (Å²) in [6.45, 7) is 1.91. The number of nitrogens with one attached hydrogen (secondary N) is 2. The monoisotopic (exact) mass is 329 g/mol. The molecule has 1 heterocycles. The van der Waals surface area contributed by atoms with Gasteiger partial charge in [-0.05, 0) is 42.8 Å². The molecule has 0 aliphatic heterocycles. The van der Waals surface area contributed by atoms with E-state index in [0.29, 0.717) is 16.5 Å². The van der Waals surface area contributed by atoms with Gasteiger partial charge in [-0.1, -0.05) is 23.7 Å². The van der Waals surface area contributed by atoms with Crippen molar-refractivity contribution in [2.75, 3.05) is 10.6 Å². The fourth-order valence-corrected chi connectivity index (χ4v) is 2.17. The highest BCUT2D eigenvalue weighted by atomic mass is 35.5. The summed E-state index contributed by atoms with van der Waals surface area (Å²) in [6, 6.07) is 11.6. The number of rotatable bonds is 4. The minimum Gasteiger partial charge on any atom is -0.339 e. The highest BCUT2D eigenvalue weighted by molar-refractivity contribution is 6.31. The number of anilines is 4. The van der Waals surface area contributed by atoms with Crippen molar-refractivity contribution in [3.05, 3.63) is 65.1 Å². The zero-order valence-electron chi connectivity index (χ0n) is 12.2. The number of aromatic nitrogens is 3.